The van der Waals surface area contributed by atoms with Gasteiger partial charge in [0.2, 0.25) is 0 Å². The van der Waals surface area contributed by atoms with Crippen LogP contribution in [0.25, 0.3) is 0 Å². The van der Waals surface area contributed by atoms with Crippen molar-refractivity contribution < 1.29 is 18.7 Å². The highest BCUT2D eigenvalue weighted by molar-refractivity contribution is 6.05. The summed E-state index contributed by atoms with van der Waals surface area (Å²) in [5, 5.41) is 2.70. The average molecular weight is 328 g/mol. The maximum absolute atomic E-state index is 13.2. The Morgan fingerprint density at radius 1 is 1.29 bits per heavy atom. The van der Waals surface area contributed by atoms with Crippen LogP contribution in [0.3, 0.4) is 0 Å². The van der Waals surface area contributed by atoms with Crippen molar-refractivity contribution >= 4 is 23.2 Å². The summed E-state index contributed by atoms with van der Waals surface area (Å²) in [4.78, 5) is 25.8. The van der Waals surface area contributed by atoms with Crippen molar-refractivity contribution in [2.75, 3.05) is 23.4 Å². The van der Waals surface area contributed by atoms with Gasteiger partial charge >= 0.3 is 0 Å². The summed E-state index contributed by atoms with van der Waals surface area (Å²) in [5.74, 6) is -0.419. The molecule has 1 aliphatic heterocycles. The molecule has 0 atom stereocenters. The number of nitrogens with zero attached hydrogens (tertiary/aromatic N) is 1. The zero-order valence-electron chi connectivity index (χ0n) is 13.2. The lowest BCUT2D eigenvalue weighted by atomic mass is 10.1. The molecule has 0 spiro atoms. The average Bonchev–Trinajstić information content (AvgIpc) is 2.57. The number of fused-ring (bicyclic) bond motifs is 1. The van der Waals surface area contributed by atoms with Crippen molar-refractivity contribution in [1.82, 2.24) is 0 Å². The van der Waals surface area contributed by atoms with Crippen molar-refractivity contribution in [3.63, 3.8) is 0 Å². The molecule has 0 bridgehead atoms. The number of anilines is 2. The van der Waals surface area contributed by atoms with Gasteiger partial charge in [-0.2, -0.15) is 0 Å². The monoisotopic (exact) mass is 328 g/mol. The molecule has 5 nitrogen and oxygen atoms in total. The Labute approximate surface area is 139 Å². The van der Waals surface area contributed by atoms with E-state index in [1.54, 1.807) is 23.1 Å². The summed E-state index contributed by atoms with van der Waals surface area (Å²) in [6.45, 7) is 2.59. The van der Waals surface area contributed by atoms with Crippen LogP contribution in [0.15, 0.2) is 42.5 Å². The van der Waals surface area contributed by atoms with Gasteiger partial charge in [0.25, 0.3) is 11.8 Å². The third kappa shape index (κ3) is 3.22. The van der Waals surface area contributed by atoms with Crippen LogP contribution in [0, 0.1) is 5.82 Å². The molecule has 2 aromatic carbocycles. The quantitative estimate of drug-likeness (QED) is 0.937. The molecular formula is C18H17FN2O3. The molecule has 0 aliphatic carbocycles. The minimum atomic E-state index is -0.467. The van der Waals surface area contributed by atoms with Gasteiger partial charge in [-0.25, -0.2) is 4.39 Å². The Morgan fingerprint density at radius 2 is 2.12 bits per heavy atom. The first-order chi connectivity index (χ1) is 11.6. The predicted octanol–water partition coefficient (Wildman–Crippen LogP) is 3.21. The fourth-order valence-electron chi connectivity index (χ4n) is 2.58. The van der Waals surface area contributed by atoms with Gasteiger partial charge in [0.15, 0.2) is 6.61 Å². The van der Waals surface area contributed by atoms with E-state index in [1.807, 2.05) is 6.92 Å². The lowest BCUT2D eigenvalue weighted by molar-refractivity contribution is -0.121. The van der Waals surface area contributed by atoms with Crippen LogP contribution >= 0.6 is 0 Å². The first kappa shape index (κ1) is 16.0. The molecule has 1 aliphatic rings. The number of benzene rings is 2. The molecule has 24 heavy (non-hydrogen) atoms. The fourth-order valence-corrected chi connectivity index (χ4v) is 2.58. The fraction of sp³-hybridized carbons (Fsp3) is 0.222. The van der Waals surface area contributed by atoms with Gasteiger partial charge in [-0.15, -0.1) is 0 Å². The number of halogens is 1. The van der Waals surface area contributed by atoms with Crippen molar-refractivity contribution in [2.24, 2.45) is 0 Å². The molecule has 0 saturated carbocycles. The third-order valence-electron chi connectivity index (χ3n) is 3.69. The van der Waals surface area contributed by atoms with Gasteiger partial charge in [0, 0.05) is 23.9 Å². The van der Waals surface area contributed by atoms with Crippen LogP contribution in [-0.2, 0) is 4.79 Å². The first-order valence-corrected chi connectivity index (χ1v) is 7.72. The van der Waals surface area contributed by atoms with Crippen LogP contribution in [0.1, 0.15) is 23.7 Å². The summed E-state index contributed by atoms with van der Waals surface area (Å²) in [5.41, 5.74) is 1.45. The van der Waals surface area contributed by atoms with Crippen molar-refractivity contribution in [3.8, 4) is 5.75 Å². The standard InChI is InChI=1S/C18H17FN2O3/c1-2-8-21-15-7-6-14(10-16(15)24-11-17(21)22)20-18(23)12-4-3-5-13(19)9-12/h3-7,9-10H,2,8,11H2,1H3,(H,20,23). The molecule has 6 heteroatoms. The number of nitrogens with one attached hydrogen (secondary N) is 1. The van der Waals surface area contributed by atoms with E-state index in [0.29, 0.717) is 23.7 Å². The Kier molecular flexibility index (Phi) is 4.46. The molecule has 2 aromatic rings. The van der Waals surface area contributed by atoms with Gasteiger partial charge in [0.05, 0.1) is 5.69 Å². The molecule has 2 amide bonds. The highest BCUT2D eigenvalue weighted by Crippen LogP contribution is 2.34. The second-order valence-electron chi connectivity index (χ2n) is 5.48. The van der Waals surface area contributed by atoms with Crippen LogP contribution in [-0.4, -0.2) is 25.0 Å². The zero-order valence-corrected chi connectivity index (χ0v) is 13.2. The molecular weight excluding hydrogens is 311 g/mol. The number of rotatable bonds is 4. The molecule has 124 valence electrons. The molecule has 0 fully saturated rings. The second-order valence-corrected chi connectivity index (χ2v) is 5.48. The Bertz CT molecular complexity index is 792. The van der Waals surface area contributed by atoms with Gasteiger partial charge in [-0.05, 0) is 36.8 Å². The summed E-state index contributed by atoms with van der Waals surface area (Å²) in [6.07, 6.45) is 0.837. The SMILES string of the molecule is CCCN1C(=O)COc2cc(NC(=O)c3cccc(F)c3)ccc21. The van der Waals surface area contributed by atoms with E-state index in [2.05, 4.69) is 5.32 Å². The van der Waals surface area contributed by atoms with Crippen molar-refractivity contribution in [1.29, 1.82) is 0 Å². The Balaban J connectivity index is 1.81. The van der Waals surface area contributed by atoms with Gasteiger partial charge < -0.3 is 15.0 Å². The zero-order chi connectivity index (χ0) is 17.1. The van der Waals surface area contributed by atoms with E-state index in [-0.39, 0.29) is 18.1 Å². The number of carbonyl (C=O) groups is 2. The van der Waals surface area contributed by atoms with E-state index in [0.717, 1.165) is 6.42 Å². The number of hydrogen-bond acceptors (Lipinski definition) is 3. The lowest BCUT2D eigenvalue weighted by Gasteiger charge is -2.29. The molecule has 3 rings (SSSR count). The van der Waals surface area contributed by atoms with Gasteiger partial charge in [-0.1, -0.05) is 13.0 Å². The normalized spacial score (nSPS) is 13.2. The molecule has 0 unspecified atom stereocenters. The molecule has 0 aromatic heterocycles. The van der Waals surface area contributed by atoms with Crippen LogP contribution in [0.2, 0.25) is 0 Å². The maximum atomic E-state index is 13.2. The summed E-state index contributed by atoms with van der Waals surface area (Å²) in [7, 11) is 0. The van der Waals surface area contributed by atoms with E-state index in [1.165, 1.54) is 24.3 Å². The molecule has 1 N–H and O–H groups in total. The largest absolute Gasteiger partial charge is 0.481 e. The molecule has 0 saturated heterocycles. The highest BCUT2D eigenvalue weighted by atomic mass is 19.1. The van der Waals surface area contributed by atoms with E-state index >= 15 is 0 Å². The Morgan fingerprint density at radius 3 is 2.88 bits per heavy atom. The molecule has 0 radical (unpaired) electrons. The minimum absolute atomic E-state index is 0.0195. The number of hydrogen-bond donors (Lipinski definition) is 1. The van der Waals surface area contributed by atoms with Crippen LogP contribution in [0.4, 0.5) is 15.8 Å². The van der Waals surface area contributed by atoms with Crippen molar-refractivity contribution in [3.05, 3.63) is 53.8 Å². The lowest BCUT2D eigenvalue weighted by Crippen LogP contribution is -2.39. The van der Waals surface area contributed by atoms with Crippen LogP contribution in [0.5, 0.6) is 5.75 Å². The van der Waals surface area contributed by atoms with E-state index in [4.69, 9.17) is 4.74 Å². The molecule has 1 heterocycles. The third-order valence-corrected chi connectivity index (χ3v) is 3.69. The summed E-state index contributed by atoms with van der Waals surface area (Å²) < 4.78 is 18.7. The predicted molar refractivity (Wildman–Crippen MR) is 88.9 cm³/mol. The number of ether oxygens (including phenoxy) is 1. The number of carbonyl (C=O) groups excluding carboxylic acids is 2. The van der Waals surface area contributed by atoms with Gasteiger partial charge in [-0.3, -0.25) is 9.59 Å². The van der Waals surface area contributed by atoms with Crippen LogP contribution < -0.4 is 15.0 Å². The maximum Gasteiger partial charge on any atom is 0.265 e. The minimum Gasteiger partial charge on any atom is -0.481 e. The first-order valence-electron chi connectivity index (χ1n) is 7.72. The smallest absolute Gasteiger partial charge is 0.265 e. The van der Waals surface area contributed by atoms with E-state index in [9.17, 15) is 14.0 Å². The number of amides is 2. The summed E-state index contributed by atoms with van der Waals surface area (Å²) >= 11 is 0. The van der Waals surface area contributed by atoms with E-state index < -0.39 is 11.7 Å². The highest BCUT2D eigenvalue weighted by Gasteiger charge is 2.25. The van der Waals surface area contributed by atoms with Gasteiger partial charge in [0.1, 0.15) is 11.6 Å². The van der Waals surface area contributed by atoms with Crippen molar-refractivity contribution in [2.45, 2.75) is 13.3 Å². The second kappa shape index (κ2) is 6.70. The summed E-state index contributed by atoms with van der Waals surface area (Å²) in [6, 6.07) is 10.6. The topological polar surface area (TPSA) is 58.6 Å². The Hall–Kier alpha value is -2.89.